The van der Waals surface area contributed by atoms with Gasteiger partial charge in [0.25, 0.3) is 5.91 Å². The number of pyridine rings is 1. The molecule has 1 saturated heterocycles. The number of benzene rings is 2. The highest BCUT2D eigenvalue weighted by Crippen LogP contribution is 2.33. The van der Waals surface area contributed by atoms with Gasteiger partial charge < -0.3 is 20.5 Å². The van der Waals surface area contributed by atoms with Crippen LogP contribution in [0, 0.1) is 17.8 Å². The van der Waals surface area contributed by atoms with Crippen LogP contribution in [-0.2, 0) is 7.05 Å². The predicted octanol–water partition coefficient (Wildman–Crippen LogP) is 4.95. The van der Waals surface area contributed by atoms with Gasteiger partial charge in [-0.05, 0) is 74.0 Å². The largest absolute Gasteiger partial charge is 0.350 e. The first-order valence-corrected chi connectivity index (χ1v) is 15.6. The number of aromatic nitrogens is 2. The fourth-order valence-corrected chi connectivity index (χ4v) is 6.11. The Balaban J connectivity index is 1.34. The quantitative estimate of drug-likeness (QED) is 0.293. The number of piperazine rings is 1. The number of carbonyl (C=O) groups is 1. The Morgan fingerprint density at radius 1 is 1.09 bits per heavy atom. The number of nitrogens with one attached hydrogen (secondary N) is 1. The zero-order valence-corrected chi connectivity index (χ0v) is 26.3. The van der Waals surface area contributed by atoms with Crippen molar-refractivity contribution in [1.82, 2.24) is 24.7 Å². The van der Waals surface area contributed by atoms with Crippen molar-refractivity contribution in [2.24, 2.45) is 18.7 Å². The number of allylic oxidation sites excluding steroid dienone is 1. The standard InChI is InChI=1S/C35H37BrN6O/c1-40-14-16-42(17-15-40)13-3-4-24-9-11-32-28(18-24)30(35(43)38-22-26-7-5-25(21-37)6-8-26)20-33(39-32)31-23-41(2)34-12-10-27(36)19-29(31)34/h5,7-12,18-20,23,25H,6,13-17,21-22,37H2,1-2H3,(H,38,43). The first kappa shape index (κ1) is 29.3. The topological polar surface area (TPSA) is 79.4 Å². The molecule has 1 unspecified atom stereocenters. The molecule has 0 radical (unpaired) electrons. The summed E-state index contributed by atoms with van der Waals surface area (Å²) in [5.74, 6) is 6.91. The number of nitrogens with zero attached hydrogens (tertiary/aromatic N) is 4. The number of halogens is 1. The minimum Gasteiger partial charge on any atom is -0.350 e. The Morgan fingerprint density at radius 2 is 1.93 bits per heavy atom. The SMILES string of the molecule is CN1CCN(CC#Cc2ccc3nc(-c4cn(C)c5ccc(Br)cc45)cc(C(=O)NCC4=CCC(CN)C=C4)c3c2)CC1. The van der Waals surface area contributed by atoms with E-state index in [4.69, 9.17) is 10.7 Å². The van der Waals surface area contributed by atoms with Gasteiger partial charge in [-0.1, -0.05) is 46.0 Å². The van der Waals surface area contributed by atoms with Gasteiger partial charge in [0.15, 0.2) is 0 Å². The summed E-state index contributed by atoms with van der Waals surface area (Å²) in [6.07, 6.45) is 9.34. The number of hydrogen-bond donors (Lipinski definition) is 2. The first-order valence-electron chi connectivity index (χ1n) is 14.8. The van der Waals surface area contributed by atoms with E-state index in [1.54, 1.807) is 0 Å². The van der Waals surface area contributed by atoms with Crippen LogP contribution >= 0.6 is 15.9 Å². The minimum atomic E-state index is -0.132. The number of hydrogen-bond acceptors (Lipinski definition) is 5. The van der Waals surface area contributed by atoms with E-state index in [0.717, 1.165) is 87.8 Å². The molecular formula is C35H37BrN6O. The zero-order chi connectivity index (χ0) is 29.9. The summed E-state index contributed by atoms with van der Waals surface area (Å²) in [4.78, 5) is 23.6. The van der Waals surface area contributed by atoms with Crippen LogP contribution in [0.2, 0.25) is 0 Å². The number of likely N-dealkylation sites (N-methyl/N-ethyl adjacent to an activating group) is 1. The third-order valence-corrected chi connectivity index (χ3v) is 8.93. The van der Waals surface area contributed by atoms with Crippen molar-refractivity contribution in [3.8, 4) is 23.1 Å². The maximum atomic E-state index is 13.8. The molecule has 6 rings (SSSR count). The van der Waals surface area contributed by atoms with Gasteiger partial charge in [-0.3, -0.25) is 9.69 Å². The molecule has 4 aromatic rings. The number of aryl methyl sites for hydroxylation is 1. The molecule has 1 aliphatic heterocycles. The third-order valence-electron chi connectivity index (χ3n) is 8.43. The number of rotatable bonds is 6. The van der Waals surface area contributed by atoms with E-state index >= 15 is 0 Å². The number of nitrogens with two attached hydrogens (primary N) is 1. The lowest BCUT2D eigenvalue weighted by molar-refractivity contribution is 0.0959. The average Bonchev–Trinajstić information content (AvgIpc) is 3.35. The van der Waals surface area contributed by atoms with E-state index in [2.05, 4.69) is 91.1 Å². The summed E-state index contributed by atoms with van der Waals surface area (Å²) >= 11 is 3.62. The predicted molar refractivity (Wildman–Crippen MR) is 179 cm³/mol. The maximum absolute atomic E-state index is 13.8. The molecule has 0 bridgehead atoms. The highest BCUT2D eigenvalue weighted by atomic mass is 79.9. The lowest BCUT2D eigenvalue weighted by Gasteiger charge is -2.30. The molecule has 2 aromatic heterocycles. The number of carbonyl (C=O) groups excluding carboxylic acids is 1. The van der Waals surface area contributed by atoms with Crippen LogP contribution in [0.5, 0.6) is 0 Å². The Hall–Kier alpha value is -3.74. The smallest absolute Gasteiger partial charge is 0.252 e. The van der Waals surface area contributed by atoms with E-state index in [9.17, 15) is 4.79 Å². The van der Waals surface area contributed by atoms with Gasteiger partial charge in [-0.2, -0.15) is 0 Å². The third kappa shape index (κ3) is 6.61. The first-order chi connectivity index (χ1) is 20.9. The van der Waals surface area contributed by atoms with E-state index in [1.807, 2.05) is 37.4 Å². The monoisotopic (exact) mass is 636 g/mol. The average molecular weight is 638 g/mol. The summed E-state index contributed by atoms with van der Waals surface area (Å²) in [5, 5.41) is 5.03. The van der Waals surface area contributed by atoms with Gasteiger partial charge in [0.1, 0.15) is 0 Å². The van der Waals surface area contributed by atoms with Crippen molar-refractivity contribution in [2.75, 3.05) is 52.9 Å². The summed E-state index contributed by atoms with van der Waals surface area (Å²) in [6.45, 7) is 6.02. The van der Waals surface area contributed by atoms with E-state index in [0.29, 0.717) is 24.6 Å². The maximum Gasteiger partial charge on any atom is 0.252 e. The lowest BCUT2D eigenvalue weighted by Crippen LogP contribution is -2.44. The second kappa shape index (κ2) is 12.9. The Kier molecular flexibility index (Phi) is 8.78. The van der Waals surface area contributed by atoms with Crippen molar-refractivity contribution >= 4 is 43.6 Å². The molecule has 1 fully saturated rings. The Labute approximate surface area is 261 Å². The molecule has 8 heteroatoms. The number of fused-ring (bicyclic) bond motifs is 2. The number of amides is 1. The van der Waals surface area contributed by atoms with Gasteiger partial charge in [0, 0.05) is 77.9 Å². The molecule has 1 atom stereocenters. The van der Waals surface area contributed by atoms with Gasteiger partial charge in [-0.25, -0.2) is 4.98 Å². The Bertz CT molecular complexity index is 1800. The fourth-order valence-electron chi connectivity index (χ4n) is 5.75. The van der Waals surface area contributed by atoms with Gasteiger partial charge in [-0.15, -0.1) is 0 Å². The van der Waals surface area contributed by atoms with Gasteiger partial charge in [0.05, 0.1) is 23.3 Å². The summed E-state index contributed by atoms with van der Waals surface area (Å²) in [5.41, 5.74) is 12.0. The molecule has 0 spiro atoms. The molecule has 3 heterocycles. The van der Waals surface area contributed by atoms with E-state index < -0.39 is 0 Å². The van der Waals surface area contributed by atoms with Crippen molar-refractivity contribution in [2.45, 2.75) is 6.42 Å². The zero-order valence-electron chi connectivity index (χ0n) is 24.7. The van der Waals surface area contributed by atoms with Crippen molar-refractivity contribution in [1.29, 1.82) is 0 Å². The summed E-state index contributed by atoms with van der Waals surface area (Å²) < 4.78 is 3.09. The second-order valence-corrected chi connectivity index (χ2v) is 12.5. The lowest BCUT2D eigenvalue weighted by atomic mass is 9.97. The molecule has 3 N–H and O–H groups in total. The van der Waals surface area contributed by atoms with Crippen LogP contribution in [-0.4, -0.2) is 78.1 Å². The molecule has 43 heavy (non-hydrogen) atoms. The molecule has 2 aliphatic rings. The molecular weight excluding hydrogens is 600 g/mol. The van der Waals surface area contributed by atoms with Crippen molar-refractivity contribution in [3.63, 3.8) is 0 Å². The molecule has 220 valence electrons. The second-order valence-electron chi connectivity index (χ2n) is 11.5. The molecule has 1 aliphatic carbocycles. The molecule has 7 nitrogen and oxygen atoms in total. The van der Waals surface area contributed by atoms with Crippen LogP contribution in [0.1, 0.15) is 22.3 Å². The van der Waals surface area contributed by atoms with Crippen LogP contribution in [0.15, 0.2) is 76.9 Å². The molecule has 1 amide bonds. The highest BCUT2D eigenvalue weighted by Gasteiger charge is 2.18. The van der Waals surface area contributed by atoms with Crippen LogP contribution in [0.3, 0.4) is 0 Å². The van der Waals surface area contributed by atoms with Gasteiger partial charge >= 0.3 is 0 Å². The van der Waals surface area contributed by atoms with Crippen LogP contribution in [0.25, 0.3) is 33.1 Å². The normalized spacial score (nSPS) is 17.6. The van der Waals surface area contributed by atoms with E-state index in [-0.39, 0.29) is 5.91 Å². The van der Waals surface area contributed by atoms with Crippen molar-refractivity contribution in [3.05, 3.63) is 88.1 Å². The molecule has 0 saturated carbocycles. The van der Waals surface area contributed by atoms with Gasteiger partial charge in [0.2, 0.25) is 0 Å². The van der Waals surface area contributed by atoms with Crippen LogP contribution < -0.4 is 11.1 Å². The summed E-state index contributed by atoms with van der Waals surface area (Å²) in [6, 6.07) is 14.1. The fraction of sp³-hybridized carbons (Fsp3) is 0.314. The van der Waals surface area contributed by atoms with E-state index in [1.165, 1.54) is 0 Å². The minimum absolute atomic E-state index is 0.132. The highest BCUT2D eigenvalue weighted by molar-refractivity contribution is 9.10. The molecule has 2 aromatic carbocycles. The Morgan fingerprint density at radius 3 is 2.70 bits per heavy atom. The summed E-state index contributed by atoms with van der Waals surface area (Å²) in [7, 11) is 4.19. The van der Waals surface area contributed by atoms with Crippen LogP contribution in [0.4, 0.5) is 0 Å². The van der Waals surface area contributed by atoms with Crippen molar-refractivity contribution < 1.29 is 4.79 Å².